The van der Waals surface area contributed by atoms with Gasteiger partial charge in [-0.1, -0.05) is 141 Å². The van der Waals surface area contributed by atoms with Crippen LogP contribution in [0.4, 0.5) is 15.3 Å². The Morgan fingerprint density at radius 2 is 1.47 bits per heavy atom. The van der Waals surface area contributed by atoms with Gasteiger partial charge in [-0.3, -0.25) is 39.3 Å². The number of epoxide rings is 1. The van der Waals surface area contributed by atoms with Crippen molar-refractivity contribution in [3.05, 3.63) is 92.9 Å². The summed E-state index contributed by atoms with van der Waals surface area (Å²) in [5.74, 6) is -4.19. The number of anilines is 1. The molecule has 30 heteroatoms. The van der Waals surface area contributed by atoms with Crippen LogP contribution in [0.15, 0.2) is 66.3 Å². The first kappa shape index (κ1) is 104. The molecule has 4 aliphatic rings. The summed E-state index contributed by atoms with van der Waals surface area (Å²) in [6.45, 7) is 28.5. The average Bonchev–Trinajstić information content (AvgIpc) is 1.55. The number of Topliss-reactive ketones (excluding diaryl/α,β-unsaturated/α-hetero) is 2. The largest absolute Gasteiger partial charge is 0.495 e. The normalized spacial score (nSPS) is 25.1. The Labute approximate surface area is 742 Å². The third-order valence-electron chi connectivity index (χ3n) is 23.3. The molecule has 18 atom stereocenters. The predicted octanol–water partition coefficient (Wildman–Crippen LogP) is 12.7. The maximum absolute atomic E-state index is 14.5. The van der Waals surface area contributed by atoms with Crippen LogP contribution in [0.25, 0.3) is 0 Å². The number of carbonyl (C=O) groups is 9. The number of esters is 1. The van der Waals surface area contributed by atoms with Crippen LogP contribution in [0, 0.1) is 51.9 Å². The van der Waals surface area contributed by atoms with Crippen LogP contribution in [0.3, 0.4) is 0 Å². The SMILES string of the molecule is CC[C@H](C)[C@@H]([C@@H](CC(=O)N1CCC[C@H]1[C@H](OC)[C@@H](C)C(=O)C[C@H](C)[C@@H](O)c1ccccc1)OC)N(C)C(=O)[C@@H](CC(=O)[C@H](C(C)C)N(C)C(=O)OC[C-](C)SC)C(C)C.COc1cc2cc(c1Cl)N(C)C(=O)C[C@H](OC(=O)[C@H](C)N(C)C(=O)C[C-](C)SC)[C@]1(C)O[C@H]1[C@H](C)[C@]1(C)C[C@@](O)(NC(=O)O1)[C@H](OC)/C=C/C=C(\C)C2.[Y].[Y]. The summed E-state index contributed by atoms with van der Waals surface area (Å²) in [5, 5.41) is 27.4. The Balaban J connectivity index is 0.000000583. The van der Waals surface area contributed by atoms with Crippen molar-refractivity contribution in [3.63, 3.8) is 0 Å². The molecule has 0 saturated carbocycles. The summed E-state index contributed by atoms with van der Waals surface area (Å²) < 4.78 is 47.0. The minimum atomic E-state index is -1.86. The number of likely N-dealkylation sites (N-methyl/N-ethyl adjacent to an activating group) is 3. The maximum atomic E-state index is 14.5. The van der Waals surface area contributed by atoms with Gasteiger partial charge in [-0.25, -0.2) is 19.6 Å². The number of hydrogen-bond donors (Lipinski definition) is 3. The average molecular weight is 1800 g/mol. The van der Waals surface area contributed by atoms with Crippen molar-refractivity contribution in [2.24, 2.45) is 41.4 Å². The van der Waals surface area contributed by atoms with Crippen LogP contribution in [0.5, 0.6) is 5.75 Å². The molecular weight excluding hydrogens is 1670 g/mol. The number of halogens is 1. The zero-order valence-corrected chi connectivity index (χ0v) is 80.1. The molecule has 0 unspecified atom stereocenters. The summed E-state index contributed by atoms with van der Waals surface area (Å²) in [4.78, 5) is 131. The number of thioether (sulfide) groups is 2. The quantitative estimate of drug-likeness (QED) is 0.0259. The third kappa shape index (κ3) is 27.0. The van der Waals surface area contributed by atoms with E-state index in [0.717, 1.165) is 33.6 Å². The summed E-state index contributed by atoms with van der Waals surface area (Å²) in [6.07, 6.45) is 5.33. The van der Waals surface area contributed by atoms with Gasteiger partial charge >= 0.3 is 18.2 Å². The van der Waals surface area contributed by atoms with Crippen molar-refractivity contribution in [3.8, 4) is 5.75 Å². The van der Waals surface area contributed by atoms with Crippen molar-refractivity contribution in [2.75, 3.05) is 87.2 Å². The van der Waals surface area contributed by atoms with Crippen LogP contribution in [-0.2, 0) is 139 Å². The molecule has 3 N–H and O–H groups in total. The van der Waals surface area contributed by atoms with Gasteiger partial charge in [0, 0.05) is 158 Å². The molecule has 6 amide bonds. The molecular formula is C84H129ClN6O19S2Y2-2. The topological polar surface area (TPSA) is 299 Å². The number of nitrogens with one attached hydrogen (secondary N) is 1. The van der Waals surface area contributed by atoms with E-state index in [1.54, 1.807) is 85.3 Å². The molecule has 2 aromatic rings. The summed E-state index contributed by atoms with van der Waals surface area (Å²) >= 11 is 9.73. The Kier molecular flexibility index (Phi) is 43.1. The van der Waals surface area contributed by atoms with E-state index in [0.29, 0.717) is 37.2 Å². The Bertz CT molecular complexity index is 3590. The van der Waals surface area contributed by atoms with E-state index in [9.17, 15) is 53.4 Å². The molecule has 4 heterocycles. The molecule has 3 fully saturated rings. The number of rotatable bonds is 33. The number of aliphatic hydroxyl groups excluding tert-OH is 1. The monoisotopic (exact) mass is 1800 g/mol. The van der Waals surface area contributed by atoms with E-state index in [2.05, 4.69) is 5.32 Å². The number of likely N-dealkylation sites (tertiary alicyclic amines) is 1. The predicted molar refractivity (Wildman–Crippen MR) is 437 cm³/mol. The second-order valence-electron chi connectivity index (χ2n) is 32.0. The van der Waals surface area contributed by atoms with Crippen LogP contribution >= 0.6 is 35.1 Å². The van der Waals surface area contributed by atoms with Crippen molar-refractivity contribution in [1.29, 1.82) is 0 Å². The second-order valence-corrected chi connectivity index (χ2v) is 34.6. The summed E-state index contributed by atoms with van der Waals surface area (Å²) in [6, 6.07) is 10.3. The van der Waals surface area contributed by atoms with E-state index in [1.807, 2.05) is 137 Å². The number of methoxy groups -OCH3 is 4. The van der Waals surface area contributed by atoms with Gasteiger partial charge < -0.3 is 96.1 Å². The molecule has 0 aromatic heterocycles. The number of ether oxygens (including phenoxy) is 8. The molecule has 4 aliphatic heterocycles. The fraction of sp³-hybridized carbons (Fsp3) is 0.679. The number of nitrogens with zero attached hydrogens (tertiary/aromatic N) is 5. The number of aliphatic hydroxyl groups is 2. The van der Waals surface area contributed by atoms with E-state index in [1.165, 1.54) is 59.5 Å². The van der Waals surface area contributed by atoms with Gasteiger partial charge in [0.1, 0.15) is 46.0 Å². The Morgan fingerprint density at radius 1 is 0.842 bits per heavy atom. The smallest absolute Gasteiger partial charge is 0.410 e. The van der Waals surface area contributed by atoms with Crippen LogP contribution in [0.2, 0.25) is 5.02 Å². The van der Waals surface area contributed by atoms with Gasteiger partial charge in [-0.15, -0.1) is 0 Å². The summed E-state index contributed by atoms with van der Waals surface area (Å²) in [5.41, 5.74) is -1.49. The van der Waals surface area contributed by atoms with Crippen molar-refractivity contribution < 1.29 is 157 Å². The first-order valence-corrected chi connectivity index (χ1v) is 41.7. The fourth-order valence-corrected chi connectivity index (χ4v) is 16.3. The Hall–Kier alpha value is -4.09. The van der Waals surface area contributed by atoms with Crippen LogP contribution < -0.4 is 15.0 Å². The first-order chi connectivity index (χ1) is 52.5. The zero-order valence-electron chi connectivity index (χ0n) is 72.0. The van der Waals surface area contributed by atoms with E-state index in [4.69, 9.17) is 49.5 Å². The molecule has 4 bridgehead atoms. The molecule has 3 saturated heterocycles. The van der Waals surface area contributed by atoms with Gasteiger partial charge in [0.15, 0.2) is 17.4 Å². The number of carbonyl (C=O) groups excluding carboxylic acids is 9. The number of hydrogen-bond acceptors (Lipinski definition) is 21. The zero-order chi connectivity index (χ0) is 84.4. The molecule has 6 rings (SSSR count). The van der Waals surface area contributed by atoms with E-state index >= 15 is 0 Å². The van der Waals surface area contributed by atoms with Gasteiger partial charge in [0.05, 0.1) is 68.2 Å². The number of ketones is 2. The molecule has 2 aromatic carbocycles. The Morgan fingerprint density at radius 3 is 2.04 bits per heavy atom. The van der Waals surface area contributed by atoms with Crippen molar-refractivity contribution in [2.45, 2.75) is 246 Å². The van der Waals surface area contributed by atoms with E-state index < -0.39 is 113 Å². The molecule has 0 spiro atoms. The first-order valence-electron chi connectivity index (χ1n) is 38.9. The maximum Gasteiger partial charge on any atom is 0.410 e. The number of allylic oxidation sites excluding steroid dienone is 3. The van der Waals surface area contributed by atoms with Crippen molar-refractivity contribution in [1.82, 2.24) is 24.9 Å². The van der Waals surface area contributed by atoms with Gasteiger partial charge in [-0.05, 0) is 113 Å². The van der Waals surface area contributed by atoms with E-state index in [-0.39, 0.29) is 175 Å². The van der Waals surface area contributed by atoms with Gasteiger partial charge in [0.25, 0.3) is 0 Å². The van der Waals surface area contributed by atoms with Crippen LogP contribution in [0.1, 0.15) is 179 Å². The molecule has 25 nitrogen and oxygen atoms in total. The molecule has 636 valence electrons. The standard InChI is InChI=1S/C46H76N3O9S.C38H53ClN3O10S.2Y/c1-15-30(6)42(47(10)45(54)35(28(2)3)25-38(51)41(29(4)5)48(11)46(55)58-27-32(8)59-14)39(56-12)26-40(52)49-23-19-22-36(49)44(57-13)33(9)37(50)24-31(7)43(53)34-20-17-16-18-21-34;1-21-13-12-14-28(49-10)38(47)20-36(5,52-35(46)40-38)23(3)33-37(6,51-33)29(50-34(45)24(4)41(7)30(43)16-22(2)53-11)19-31(44)42(8)26-17-25(15-21)18-27(48-9)32(26)39;;/h16-18,20-21,28-31,33,35-36,39,41-44,53H,15,19,22-27H2,1-14H3;12-14,17-18,23-24,28-29,33,47H,15-16,19-20H2,1-11H3,(H,40,46);;/q2*-1;;/b;14-12+,21-13+;;/t30-,31-,33-,35-,36-,39+,41-,42-,43+,44+;23-,24-,28+,29-,33-,36-,37-,38-;;/m00../s1. The number of fused-ring (bicyclic) bond motifs is 5. The van der Waals surface area contributed by atoms with Gasteiger partial charge in [-0.2, -0.15) is 13.8 Å². The van der Waals surface area contributed by atoms with Crippen molar-refractivity contribution >= 4 is 94.2 Å². The molecule has 2 radical (unpaired) electrons. The third-order valence-corrected chi connectivity index (χ3v) is 25.4. The fourth-order valence-electron chi connectivity index (χ4n) is 15.6. The van der Waals surface area contributed by atoms with Crippen LogP contribution in [-0.4, -0.2) is 237 Å². The molecule has 114 heavy (non-hydrogen) atoms. The number of benzene rings is 2. The second kappa shape index (κ2) is 47.2. The minimum absolute atomic E-state index is 0. The number of amides is 6. The summed E-state index contributed by atoms with van der Waals surface area (Å²) in [7, 11) is 12.5. The van der Waals surface area contributed by atoms with Gasteiger partial charge in [0.2, 0.25) is 17.7 Å². The number of alkyl carbamates (subject to hydrolysis) is 1. The minimum Gasteiger partial charge on any atom is -0.495 e. The molecule has 0 aliphatic carbocycles.